The van der Waals surface area contributed by atoms with Crippen LogP contribution in [0, 0.1) is 0 Å². The number of rotatable bonds is 7. The van der Waals surface area contributed by atoms with Crippen LogP contribution >= 0.6 is 0 Å². The second kappa shape index (κ2) is 8.85. The van der Waals surface area contributed by atoms with Crippen LogP contribution in [-0.4, -0.2) is 20.9 Å². The molecule has 0 radical (unpaired) electrons. The van der Waals surface area contributed by atoms with Crippen LogP contribution in [0.15, 0.2) is 61.1 Å². The minimum atomic E-state index is -0.234. The zero-order valence-electron chi connectivity index (χ0n) is 14.9. The van der Waals surface area contributed by atoms with Gasteiger partial charge >= 0.3 is 0 Å². The lowest BCUT2D eigenvalue weighted by Crippen LogP contribution is -2.13. The first-order valence-corrected chi connectivity index (χ1v) is 8.90. The van der Waals surface area contributed by atoms with Crippen LogP contribution < -0.4 is 5.32 Å². The maximum atomic E-state index is 12.2. The number of hydrogen-bond acceptors (Lipinski definition) is 4. The van der Waals surface area contributed by atoms with Gasteiger partial charge in [-0.3, -0.25) is 15.1 Å². The third-order valence-electron chi connectivity index (χ3n) is 4.13. The van der Waals surface area contributed by atoms with Gasteiger partial charge in [-0.05, 0) is 42.7 Å². The summed E-state index contributed by atoms with van der Waals surface area (Å²) in [6, 6.07) is 13.2. The highest BCUT2D eigenvalue weighted by Gasteiger charge is 2.08. The van der Waals surface area contributed by atoms with E-state index in [4.69, 9.17) is 0 Å². The number of nitrogens with one attached hydrogen (secondary N) is 1. The fourth-order valence-electron chi connectivity index (χ4n) is 2.65. The maximum absolute atomic E-state index is 12.2. The molecule has 0 atom stereocenters. The Balaban J connectivity index is 1.64. The fourth-order valence-corrected chi connectivity index (χ4v) is 2.65. The predicted molar refractivity (Wildman–Crippen MR) is 103 cm³/mol. The average molecular weight is 346 g/mol. The molecule has 0 spiro atoms. The second-order valence-electron chi connectivity index (χ2n) is 6.11. The smallest absolute Gasteiger partial charge is 0.258 e. The van der Waals surface area contributed by atoms with Gasteiger partial charge in [-0.15, -0.1) is 0 Å². The summed E-state index contributed by atoms with van der Waals surface area (Å²) < 4.78 is 0. The van der Waals surface area contributed by atoms with E-state index in [1.807, 2.05) is 24.4 Å². The molecule has 3 rings (SSSR count). The first-order chi connectivity index (χ1) is 12.8. The first kappa shape index (κ1) is 17.7. The Kier molecular flexibility index (Phi) is 6.04. The number of nitrogens with zero attached hydrogens (tertiary/aromatic N) is 3. The molecule has 0 saturated carbocycles. The van der Waals surface area contributed by atoms with E-state index in [9.17, 15) is 4.79 Å². The van der Waals surface area contributed by atoms with E-state index >= 15 is 0 Å². The van der Waals surface area contributed by atoms with Crippen LogP contribution in [0.1, 0.15) is 42.1 Å². The Morgan fingerprint density at radius 3 is 2.38 bits per heavy atom. The molecule has 5 nitrogen and oxygen atoms in total. The summed E-state index contributed by atoms with van der Waals surface area (Å²) in [6.07, 6.45) is 9.86. The molecule has 1 aromatic carbocycles. The monoisotopic (exact) mass is 346 g/mol. The molecule has 2 aromatic heterocycles. The number of carbonyl (C=O) groups excluding carboxylic acids is 1. The highest BCUT2D eigenvalue weighted by molar-refractivity contribution is 6.03. The number of benzene rings is 1. The summed E-state index contributed by atoms with van der Waals surface area (Å²) in [5.74, 6) is 0.0592. The number of carbonyl (C=O) groups is 1. The highest BCUT2D eigenvalue weighted by atomic mass is 16.1. The quantitative estimate of drug-likeness (QED) is 0.639. The van der Waals surface area contributed by atoms with Crippen molar-refractivity contribution in [1.82, 2.24) is 15.0 Å². The number of amides is 1. The fraction of sp³-hybridized carbons (Fsp3) is 0.238. The largest absolute Gasteiger partial charge is 0.290 e. The molecule has 0 bridgehead atoms. The normalized spacial score (nSPS) is 10.5. The number of hydrogen-bond donors (Lipinski definition) is 1. The van der Waals surface area contributed by atoms with Gasteiger partial charge in [0.1, 0.15) is 0 Å². The molecule has 1 amide bonds. The zero-order chi connectivity index (χ0) is 18.2. The Bertz CT molecular complexity index is 830. The molecule has 2 heterocycles. The summed E-state index contributed by atoms with van der Waals surface area (Å²) in [5.41, 5.74) is 3.71. The molecule has 1 N–H and O–H groups in total. The summed E-state index contributed by atoms with van der Waals surface area (Å²) >= 11 is 0. The van der Waals surface area contributed by atoms with Crippen molar-refractivity contribution in [2.45, 2.75) is 32.6 Å². The molecule has 0 aliphatic carbocycles. The summed E-state index contributed by atoms with van der Waals surface area (Å²) in [4.78, 5) is 24.8. The Morgan fingerprint density at radius 2 is 1.73 bits per heavy atom. The van der Waals surface area contributed by atoms with Crippen molar-refractivity contribution in [3.05, 3.63) is 72.2 Å². The molecule has 3 aromatic rings. The lowest BCUT2D eigenvalue weighted by Gasteiger charge is -2.06. The van der Waals surface area contributed by atoms with Crippen LogP contribution in [0.25, 0.3) is 11.3 Å². The molecular formula is C21H22N4O. The second-order valence-corrected chi connectivity index (χ2v) is 6.11. The van der Waals surface area contributed by atoms with Crippen LogP contribution in [0.4, 0.5) is 5.95 Å². The third-order valence-corrected chi connectivity index (χ3v) is 4.13. The standard InChI is InChI=1S/C21H22N4O/c1-2-3-4-6-16-7-12-19(24-15-16)17-8-10-18(11-9-17)20(26)25-21-22-13-5-14-23-21/h5,7-15H,2-4,6H2,1H3,(H,22,23,25,26). The van der Waals surface area contributed by atoms with E-state index < -0.39 is 0 Å². The molecule has 0 aliphatic rings. The van der Waals surface area contributed by atoms with Gasteiger partial charge in [0, 0.05) is 29.7 Å². The van der Waals surface area contributed by atoms with Gasteiger partial charge in [-0.2, -0.15) is 0 Å². The van der Waals surface area contributed by atoms with Gasteiger partial charge < -0.3 is 0 Å². The third kappa shape index (κ3) is 4.72. The number of unbranched alkanes of at least 4 members (excludes halogenated alkanes) is 2. The van der Waals surface area contributed by atoms with Crippen molar-refractivity contribution in [3.8, 4) is 11.3 Å². The molecule has 0 saturated heterocycles. The van der Waals surface area contributed by atoms with Gasteiger partial charge in [-0.25, -0.2) is 9.97 Å². The van der Waals surface area contributed by atoms with Gasteiger partial charge in [0.2, 0.25) is 5.95 Å². The van der Waals surface area contributed by atoms with Crippen molar-refractivity contribution in [1.29, 1.82) is 0 Å². The van der Waals surface area contributed by atoms with Crippen LogP contribution in [-0.2, 0) is 6.42 Å². The van der Waals surface area contributed by atoms with Crippen LogP contribution in [0.3, 0.4) is 0 Å². The minimum Gasteiger partial charge on any atom is -0.290 e. The van der Waals surface area contributed by atoms with Crippen molar-refractivity contribution < 1.29 is 4.79 Å². The number of pyridine rings is 1. The van der Waals surface area contributed by atoms with Gasteiger partial charge in [0.15, 0.2) is 0 Å². The van der Waals surface area contributed by atoms with E-state index in [0.29, 0.717) is 11.5 Å². The van der Waals surface area contributed by atoms with Crippen LogP contribution in [0.5, 0.6) is 0 Å². The molecule has 0 fully saturated rings. The number of aromatic nitrogens is 3. The topological polar surface area (TPSA) is 67.8 Å². The van der Waals surface area contributed by atoms with Crippen molar-refractivity contribution in [2.75, 3.05) is 5.32 Å². The molecule has 5 heteroatoms. The van der Waals surface area contributed by atoms with Crippen LogP contribution in [0.2, 0.25) is 0 Å². The SMILES string of the molecule is CCCCCc1ccc(-c2ccc(C(=O)Nc3ncccn3)cc2)nc1. The Labute approximate surface area is 153 Å². The first-order valence-electron chi connectivity index (χ1n) is 8.90. The Morgan fingerprint density at radius 1 is 0.962 bits per heavy atom. The molecule has 132 valence electrons. The van der Waals surface area contributed by atoms with E-state index in [1.54, 1.807) is 30.6 Å². The summed E-state index contributed by atoms with van der Waals surface area (Å²) in [7, 11) is 0. The molecule has 0 unspecified atom stereocenters. The van der Waals surface area contributed by atoms with Crippen molar-refractivity contribution in [2.24, 2.45) is 0 Å². The van der Waals surface area contributed by atoms with Gasteiger partial charge in [-0.1, -0.05) is 38.0 Å². The highest BCUT2D eigenvalue weighted by Crippen LogP contribution is 2.19. The maximum Gasteiger partial charge on any atom is 0.258 e. The van der Waals surface area contributed by atoms with E-state index in [1.165, 1.54) is 24.8 Å². The molecular weight excluding hydrogens is 324 g/mol. The minimum absolute atomic E-state index is 0.234. The van der Waals surface area contributed by atoms with E-state index in [0.717, 1.165) is 17.7 Å². The predicted octanol–water partition coefficient (Wildman–Crippen LogP) is 4.52. The lowest BCUT2D eigenvalue weighted by atomic mass is 10.1. The van der Waals surface area contributed by atoms with Crippen molar-refractivity contribution in [3.63, 3.8) is 0 Å². The lowest BCUT2D eigenvalue weighted by molar-refractivity contribution is 0.102. The summed E-state index contributed by atoms with van der Waals surface area (Å²) in [6.45, 7) is 2.21. The molecule has 0 aliphatic heterocycles. The van der Waals surface area contributed by atoms with Gasteiger partial charge in [0.05, 0.1) is 5.69 Å². The van der Waals surface area contributed by atoms with Crippen molar-refractivity contribution >= 4 is 11.9 Å². The Hall–Kier alpha value is -3.08. The van der Waals surface area contributed by atoms with Gasteiger partial charge in [0.25, 0.3) is 5.91 Å². The zero-order valence-corrected chi connectivity index (χ0v) is 14.9. The molecule has 26 heavy (non-hydrogen) atoms. The number of aryl methyl sites for hydroxylation is 1. The van der Waals surface area contributed by atoms with E-state index in [2.05, 4.69) is 33.3 Å². The average Bonchev–Trinajstić information content (AvgIpc) is 2.70. The van der Waals surface area contributed by atoms with E-state index in [-0.39, 0.29) is 5.91 Å². The summed E-state index contributed by atoms with van der Waals surface area (Å²) in [5, 5.41) is 2.67. The number of anilines is 1.